The van der Waals surface area contributed by atoms with Crippen molar-refractivity contribution in [2.24, 2.45) is 0 Å². The fourth-order valence-electron chi connectivity index (χ4n) is 1.48. The third-order valence-electron chi connectivity index (χ3n) is 2.42. The van der Waals surface area contributed by atoms with E-state index in [0.29, 0.717) is 30.0 Å². The second-order valence-corrected chi connectivity index (χ2v) is 6.53. The molecular weight excluding hydrogens is 387 g/mol. The zero-order valence-corrected chi connectivity index (χ0v) is 13.7. The van der Waals surface area contributed by atoms with E-state index in [1.807, 2.05) is 0 Å². The second kappa shape index (κ2) is 6.22. The van der Waals surface area contributed by atoms with Crippen LogP contribution in [0.3, 0.4) is 0 Å². The summed E-state index contributed by atoms with van der Waals surface area (Å²) < 4.78 is 0.624. The quantitative estimate of drug-likeness (QED) is 0.430. The predicted octanol–water partition coefficient (Wildman–Crippen LogP) is 5.40. The summed E-state index contributed by atoms with van der Waals surface area (Å²) in [4.78, 5) is 11.6. The van der Waals surface area contributed by atoms with Gasteiger partial charge in [-0.1, -0.05) is 50.9 Å². The lowest BCUT2D eigenvalue weighted by molar-refractivity contribution is -0.387. The van der Waals surface area contributed by atoms with Gasteiger partial charge in [0.15, 0.2) is 0 Å². The van der Waals surface area contributed by atoms with Gasteiger partial charge in [-0.05, 0) is 24.3 Å². The molecular formula is C12H7BrCl2N2O2S. The van der Waals surface area contributed by atoms with Crippen LogP contribution in [0.2, 0.25) is 10.0 Å². The number of anilines is 1. The van der Waals surface area contributed by atoms with Crippen LogP contribution in [0.25, 0.3) is 0 Å². The Labute approximate surface area is 137 Å². The molecule has 2 aromatic carbocycles. The van der Waals surface area contributed by atoms with E-state index in [9.17, 15) is 10.1 Å². The Hall–Kier alpha value is -0.950. The molecule has 0 heterocycles. The lowest BCUT2D eigenvalue weighted by Crippen LogP contribution is -1.94. The van der Waals surface area contributed by atoms with E-state index in [4.69, 9.17) is 28.9 Å². The maximum Gasteiger partial charge on any atom is 0.284 e. The minimum Gasteiger partial charge on any atom is -0.397 e. The van der Waals surface area contributed by atoms with Crippen molar-refractivity contribution in [3.63, 3.8) is 0 Å². The van der Waals surface area contributed by atoms with Crippen molar-refractivity contribution in [3.05, 3.63) is 55.0 Å². The monoisotopic (exact) mass is 392 g/mol. The molecule has 104 valence electrons. The maximum absolute atomic E-state index is 11.1. The van der Waals surface area contributed by atoms with E-state index in [1.165, 1.54) is 6.07 Å². The standard InChI is InChI=1S/C12H7BrCl2N2O2S/c13-6-1-4-10(9(5-6)17(18)19)20-12-8(15)3-2-7(14)11(12)16/h1-5H,16H2. The van der Waals surface area contributed by atoms with Gasteiger partial charge in [-0.2, -0.15) is 0 Å². The van der Waals surface area contributed by atoms with Gasteiger partial charge in [-0.3, -0.25) is 10.1 Å². The molecule has 0 aliphatic rings. The number of hydrogen-bond acceptors (Lipinski definition) is 4. The SMILES string of the molecule is Nc1c(Cl)ccc(Cl)c1Sc1ccc(Br)cc1[N+](=O)[O-]. The normalized spacial score (nSPS) is 10.6. The van der Waals surface area contributed by atoms with Gasteiger partial charge in [-0.15, -0.1) is 0 Å². The fourth-order valence-corrected chi connectivity index (χ4v) is 3.30. The van der Waals surface area contributed by atoms with Crippen molar-refractivity contribution in [1.29, 1.82) is 0 Å². The van der Waals surface area contributed by atoms with Crippen LogP contribution in [0.1, 0.15) is 0 Å². The van der Waals surface area contributed by atoms with Gasteiger partial charge in [0.25, 0.3) is 5.69 Å². The highest BCUT2D eigenvalue weighted by Crippen LogP contribution is 2.44. The maximum atomic E-state index is 11.1. The van der Waals surface area contributed by atoms with E-state index in [-0.39, 0.29) is 5.69 Å². The third kappa shape index (κ3) is 3.20. The first-order valence-corrected chi connectivity index (χ1v) is 7.62. The summed E-state index contributed by atoms with van der Waals surface area (Å²) >= 11 is 16.3. The molecule has 0 amide bonds. The van der Waals surface area contributed by atoms with Gasteiger partial charge in [0.05, 0.1) is 30.4 Å². The van der Waals surface area contributed by atoms with Crippen LogP contribution in [-0.4, -0.2) is 4.92 Å². The lowest BCUT2D eigenvalue weighted by Gasteiger charge is -2.09. The van der Waals surface area contributed by atoms with Crippen LogP contribution in [0.4, 0.5) is 11.4 Å². The molecule has 0 radical (unpaired) electrons. The molecule has 0 saturated carbocycles. The van der Waals surface area contributed by atoms with Crippen LogP contribution in [0, 0.1) is 10.1 Å². The smallest absolute Gasteiger partial charge is 0.284 e. The Morgan fingerprint density at radius 2 is 1.85 bits per heavy atom. The Morgan fingerprint density at radius 3 is 2.50 bits per heavy atom. The number of nitrogens with zero attached hydrogens (tertiary/aromatic N) is 1. The van der Waals surface area contributed by atoms with Crippen LogP contribution < -0.4 is 5.73 Å². The minimum atomic E-state index is -0.457. The summed E-state index contributed by atoms with van der Waals surface area (Å²) in [5.74, 6) is 0. The number of nitro groups is 1. The number of hydrogen-bond donors (Lipinski definition) is 1. The first-order chi connectivity index (χ1) is 9.40. The highest BCUT2D eigenvalue weighted by molar-refractivity contribution is 9.10. The molecule has 8 heteroatoms. The van der Waals surface area contributed by atoms with Gasteiger partial charge in [0.2, 0.25) is 0 Å². The fraction of sp³-hybridized carbons (Fsp3) is 0. The molecule has 0 bridgehead atoms. The van der Waals surface area contributed by atoms with Gasteiger partial charge in [-0.25, -0.2) is 0 Å². The number of rotatable bonds is 3. The Balaban J connectivity index is 2.51. The van der Waals surface area contributed by atoms with Crippen molar-refractivity contribution in [2.75, 3.05) is 5.73 Å². The molecule has 0 aliphatic carbocycles. The highest BCUT2D eigenvalue weighted by Gasteiger charge is 2.18. The van der Waals surface area contributed by atoms with Crippen molar-refractivity contribution in [2.45, 2.75) is 9.79 Å². The average molecular weight is 394 g/mol. The first-order valence-electron chi connectivity index (χ1n) is 5.25. The Bertz CT molecular complexity index is 697. The van der Waals surface area contributed by atoms with E-state index < -0.39 is 4.92 Å². The third-order valence-corrected chi connectivity index (χ3v) is 4.88. The first kappa shape index (κ1) is 15.4. The molecule has 4 nitrogen and oxygen atoms in total. The van der Waals surface area contributed by atoms with Crippen molar-refractivity contribution >= 4 is 62.3 Å². The van der Waals surface area contributed by atoms with E-state index in [0.717, 1.165) is 11.8 Å². The number of nitro benzene ring substituents is 1. The summed E-state index contributed by atoms with van der Waals surface area (Å²) in [6.07, 6.45) is 0. The largest absolute Gasteiger partial charge is 0.397 e. The van der Waals surface area contributed by atoms with Gasteiger partial charge in [0.1, 0.15) is 0 Å². The molecule has 2 N–H and O–H groups in total. The van der Waals surface area contributed by atoms with E-state index >= 15 is 0 Å². The zero-order chi connectivity index (χ0) is 14.9. The number of nitrogen functional groups attached to an aromatic ring is 1. The van der Waals surface area contributed by atoms with Gasteiger partial charge >= 0.3 is 0 Å². The number of nitrogens with two attached hydrogens (primary N) is 1. The number of benzene rings is 2. The van der Waals surface area contributed by atoms with Crippen molar-refractivity contribution < 1.29 is 4.92 Å². The summed E-state index contributed by atoms with van der Waals surface area (Å²) in [6, 6.07) is 7.96. The van der Waals surface area contributed by atoms with Crippen molar-refractivity contribution in [3.8, 4) is 0 Å². The summed E-state index contributed by atoms with van der Waals surface area (Å²) in [7, 11) is 0. The molecule has 0 aromatic heterocycles. The molecule has 0 saturated heterocycles. The minimum absolute atomic E-state index is 0.0279. The van der Waals surface area contributed by atoms with Gasteiger partial charge in [0, 0.05) is 10.5 Å². The predicted molar refractivity (Wildman–Crippen MR) is 85.8 cm³/mol. The van der Waals surface area contributed by atoms with E-state index in [2.05, 4.69) is 15.9 Å². The molecule has 20 heavy (non-hydrogen) atoms. The van der Waals surface area contributed by atoms with Crippen LogP contribution in [0.15, 0.2) is 44.6 Å². The molecule has 0 aliphatic heterocycles. The summed E-state index contributed by atoms with van der Waals surface area (Å²) in [6.45, 7) is 0. The Morgan fingerprint density at radius 1 is 1.20 bits per heavy atom. The highest BCUT2D eigenvalue weighted by atomic mass is 79.9. The summed E-state index contributed by atoms with van der Waals surface area (Å²) in [5, 5.41) is 11.8. The van der Waals surface area contributed by atoms with Crippen molar-refractivity contribution in [1.82, 2.24) is 0 Å². The van der Waals surface area contributed by atoms with Crippen LogP contribution in [0.5, 0.6) is 0 Å². The molecule has 0 atom stereocenters. The van der Waals surface area contributed by atoms with Gasteiger partial charge < -0.3 is 5.73 Å². The molecule has 2 rings (SSSR count). The lowest BCUT2D eigenvalue weighted by atomic mass is 10.3. The molecule has 2 aromatic rings. The summed E-state index contributed by atoms with van der Waals surface area (Å²) in [5.41, 5.74) is 6.15. The van der Waals surface area contributed by atoms with Crippen LogP contribution in [-0.2, 0) is 0 Å². The topological polar surface area (TPSA) is 69.2 Å². The second-order valence-electron chi connectivity index (χ2n) is 3.74. The van der Waals surface area contributed by atoms with Crippen LogP contribution >= 0.6 is 50.9 Å². The number of halogens is 3. The molecule has 0 unspecified atom stereocenters. The molecule has 0 fully saturated rings. The average Bonchev–Trinajstić information content (AvgIpc) is 2.40. The Kier molecular flexibility index (Phi) is 4.80. The zero-order valence-electron chi connectivity index (χ0n) is 9.77. The van der Waals surface area contributed by atoms with E-state index in [1.54, 1.807) is 24.3 Å². The molecule has 0 spiro atoms.